The minimum absolute atomic E-state index is 0.701. The van der Waals surface area contributed by atoms with Gasteiger partial charge in [-0.25, -0.2) is 4.98 Å². The van der Waals surface area contributed by atoms with E-state index >= 15 is 0 Å². The molecule has 0 amide bonds. The van der Waals surface area contributed by atoms with E-state index in [1.807, 2.05) is 11.3 Å². The van der Waals surface area contributed by atoms with Crippen LogP contribution in [-0.2, 0) is 19.3 Å². The predicted octanol–water partition coefficient (Wildman–Crippen LogP) is 3.00. The largest absolute Gasteiger partial charge is 0.312 e. The first-order valence-electron chi connectivity index (χ1n) is 7.28. The number of nitrogens with zero attached hydrogens (tertiary/aromatic N) is 1. The smallest absolute Gasteiger partial charge is 0.0943 e. The quantitative estimate of drug-likeness (QED) is 0.923. The van der Waals surface area contributed by atoms with Gasteiger partial charge in [0.1, 0.15) is 0 Å². The summed E-state index contributed by atoms with van der Waals surface area (Å²) in [5.74, 6) is 5.20. The van der Waals surface area contributed by atoms with Crippen LogP contribution in [0.3, 0.4) is 0 Å². The van der Waals surface area contributed by atoms with Crippen LogP contribution >= 0.6 is 34.9 Å². The average molecular weight is 315 g/mol. The Kier molecular flexibility index (Phi) is 5.50. The van der Waals surface area contributed by atoms with Crippen molar-refractivity contribution in [2.75, 3.05) is 29.6 Å². The third-order valence-electron chi connectivity index (χ3n) is 3.67. The fourth-order valence-corrected chi connectivity index (χ4v) is 6.25. The number of thiazole rings is 1. The third-order valence-corrected chi connectivity index (χ3v) is 7.41. The van der Waals surface area contributed by atoms with Gasteiger partial charge in [0.15, 0.2) is 0 Å². The molecule has 1 saturated heterocycles. The fourth-order valence-electron chi connectivity index (χ4n) is 2.63. The maximum Gasteiger partial charge on any atom is 0.0943 e. The number of fused-ring (bicyclic) bond motifs is 1. The maximum absolute atomic E-state index is 4.82. The minimum Gasteiger partial charge on any atom is -0.312 e. The second kappa shape index (κ2) is 7.34. The molecule has 0 bridgehead atoms. The van der Waals surface area contributed by atoms with Crippen molar-refractivity contribution in [3.05, 3.63) is 15.6 Å². The van der Waals surface area contributed by atoms with E-state index in [1.54, 1.807) is 4.88 Å². The molecule has 5 heteroatoms. The molecule has 1 fully saturated rings. The minimum atomic E-state index is 0.701. The zero-order valence-corrected chi connectivity index (χ0v) is 13.8. The molecule has 0 spiro atoms. The van der Waals surface area contributed by atoms with Gasteiger partial charge in [-0.05, 0) is 25.7 Å². The van der Waals surface area contributed by atoms with Gasteiger partial charge in [-0.3, -0.25) is 0 Å². The Balaban J connectivity index is 1.45. The van der Waals surface area contributed by atoms with E-state index in [9.17, 15) is 0 Å². The van der Waals surface area contributed by atoms with Crippen LogP contribution < -0.4 is 5.32 Å². The van der Waals surface area contributed by atoms with E-state index in [0.717, 1.165) is 13.0 Å². The Bertz CT molecular complexity index is 374. The average Bonchev–Trinajstić information content (AvgIpc) is 2.66. The van der Waals surface area contributed by atoms with E-state index < -0.39 is 0 Å². The Hall–Kier alpha value is 0.290. The van der Waals surface area contributed by atoms with Crippen LogP contribution in [-0.4, -0.2) is 40.6 Å². The Morgan fingerprint density at radius 2 is 1.89 bits per heavy atom. The second-order valence-electron chi connectivity index (χ2n) is 5.24. The van der Waals surface area contributed by atoms with Crippen molar-refractivity contribution in [2.45, 2.75) is 38.1 Å². The molecular weight excluding hydrogens is 292 g/mol. The lowest BCUT2D eigenvalue weighted by Crippen LogP contribution is -2.34. The Morgan fingerprint density at radius 1 is 1.11 bits per heavy atom. The van der Waals surface area contributed by atoms with Crippen molar-refractivity contribution in [1.82, 2.24) is 10.3 Å². The summed E-state index contributed by atoms with van der Waals surface area (Å²) in [6, 6.07) is 0.701. The molecule has 106 valence electrons. The molecule has 19 heavy (non-hydrogen) atoms. The van der Waals surface area contributed by atoms with Gasteiger partial charge in [0.2, 0.25) is 0 Å². The van der Waals surface area contributed by atoms with Crippen molar-refractivity contribution in [3.63, 3.8) is 0 Å². The van der Waals surface area contributed by atoms with E-state index in [1.165, 1.54) is 59.4 Å². The molecule has 1 aliphatic carbocycles. The predicted molar refractivity (Wildman–Crippen MR) is 88.9 cm³/mol. The molecule has 0 saturated carbocycles. The summed E-state index contributed by atoms with van der Waals surface area (Å²) in [6.07, 6.45) is 6.31. The van der Waals surface area contributed by atoms with Gasteiger partial charge in [0.25, 0.3) is 0 Å². The van der Waals surface area contributed by atoms with Crippen LogP contribution in [0.5, 0.6) is 0 Å². The normalized spacial score (nSPS) is 21.1. The summed E-state index contributed by atoms with van der Waals surface area (Å²) in [5.41, 5.74) is 1.41. The molecule has 0 aromatic carbocycles. The van der Waals surface area contributed by atoms with Gasteiger partial charge in [-0.1, -0.05) is 0 Å². The molecule has 1 aromatic heterocycles. The van der Waals surface area contributed by atoms with Gasteiger partial charge in [-0.15, -0.1) is 11.3 Å². The number of thioether (sulfide) groups is 2. The van der Waals surface area contributed by atoms with Crippen LogP contribution in [0.4, 0.5) is 0 Å². The molecule has 0 atom stereocenters. The van der Waals surface area contributed by atoms with E-state index in [2.05, 4.69) is 28.8 Å². The molecule has 1 aliphatic heterocycles. The molecule has 1 aromatic rings. The first-order chi connectivity index (χ1) is 9.42. The number of aromatic nitrogens is 1. The molecule has 0 unspecified atom stereocenters. The lowest BCUT2D eigenvalue weighted by molar-refractivity contribution is 0.603. The molecule has 2 heterocycles. The van der Waals surface area contributed by atoms with Crippen LogP contribution in [0, 0.1) is 0 Å². The highest BCUT2D eigenvalue weighted by atomic mass is 32.2. The van der Waals surface area contributed by atoms with Crippen molar-refractivity contribution in [1.29, 1.82) is 0 Å². The standard InChI is InChI=1S/C14H22N2S3/c1-2-4-13-12(3-1)16-14(19-13)5-6-15-11-9-17-7-8-18-10-11/h11,15H,1-10H2. The monoisotopic (exact) mass is 314 g/mol. The zero-order valence-electron chi connectivity index (χ0n) is 11.3. The summed E-state index contributed by atoms with van der Waals surface area (Å²) in [6.45, 7) is 1.10. The number of nitrogens with one attached hydrogen (secondary N) is 1. The molecular formula is C14H22N2S3. The van der Waals surface area contributed by atoms with Crippen molar-refractivity contribution in [3.8, 4) is 0 Å². The molecule has 2 aliphatic rings. The lowest BCUT2D eigenvalue weighted by Gasteiger charge is -2.14. The van der Waals surface area contributed by atoms with Crippen molar-refractivity contribution in [2.24, 2.45) is 0 Å². The van der Waals surface area contributed by atoms with Crippen LogP contribution in [0.15, 0.2) is 0 Å². The van der Waals surface area contributed by atoms with E-state index in [-0.39, 0.29) is 0 Å². The van der Waals surface area contributed by atoms with Crippen LogP contribution in [0.1, 0.15) is 28.4 Å². The first-order valence-corrected chi connectivity index (χ1v) is 10.4. The van der Waals surface area contributed by atoms with Gasteiger partial charge in [-0.2, -0.15) is 23.5 Å². The summed E-state index contributed by atoms with van der Waals surface area (Å²) in [7, 11) is 0. The molecule has 1 N–H and O–H groups in total. The molecule has 3 rings (SSSR count). The van der Waals surface area contributed by atoms with Crippen molar-refractivity contribution >= 4 is 34.9 Å². The maximum atomic E-state index is 4.82. The SMILES string of the molecule is C1CCc2sc(CCNC3CSCCSC3)nc2C1. The topological polar surface area (TPSA) is 24.9 Å². The summed E-state index contributed by atoms with van der Waals surface area (Å²) < 4.78 is 0. The highest BCUT2D eigenvalue weighted by Gasteiger charge is 2.16. The number of hydrogen-bond donors (Lipinski definition) is 1. The zero-order chi connectivity index (χ0) is 12.9. The second-order valence-corrected chi connectivity index (χ2v) is 8.70. The summed E-state index contributed by atoms with van der Waals surface area (Å²) in [4.78, 5) is 6.39. The Morgan fingerprint density at radius 3 is 2.68 bits per heavy atom. The van der Waals surface area contributed by atoms with Crippen molar-refractivity contribution < 1.29 is 0 Å². The lowest BCUT2D eigenvalue weighted by atomic mass is 10.0. The molecule has 0 radical (unpaired) electrons. The highest BCUT2D eigenvalue weighted by molar-refractivity contribution is 8.03. The molecule has 2 nitrogen and oxygen atoms in total. The third kappa shape index (κ3) is 4.13. The first kappa shape index (κ1) is 14.2. The highest BCUT2D eigenvalue weighted by Crippen LogP contribution is 2.26. The Labute approximate surface area is 128 Å². The van der Waals surface area contributed by atoms with Gasteiger partial charge in [0, 0.05) is 46.9 Å². The van der Waals surface area contributed by atoms with Crippen LogP contribution in [0.2, 0.25) is 0 Å². The van der Waals surface area contributed by atoms with Gasteiger partial charge >= 0.3 is 0 Å². The summed E-state index contributed by atoms with van der Waals surface area (Å²) in [5, 5.41) is 5.07. The van der Waals surface area contributed by atoms with E-state index in [4.69, 9.17) is 4.98 Å². The van der Waals surface area contributed by atoms with Gasteiger partial charge in [0.05, 0.1) is 10.7 Å². The number of rotatable bonds is 4. The number of hydrogen-bond acceptors (Lipinski definition) is 5. The van der Waals surface area contributed by atoms with E-state index in [0.29, 0.717) is 6.04 Å². The van der Waals surface area contributed by atoms with Gasteiger partial charge < -0.3 is 5.32 Å². The number of aryl methyl sites for hydroxylation is 2. The fraction of sp³-hybridized carbons (Fsp3) is 0.786. The summed E-state index contributed by atoms with van der Waals surface area (Å²) >= 11 is 6.16. The van der Waals surface area contributed by atoms with Crippen LogP contribution in [0.25, 0.3) is 0 Å².